The van der Waals surface area contributed by atoms with Crippen LogP contribution in [0.25, 0.3) is 0 Å². The molecule has 92 valence electrons. The molecule has 0 aromatic heterocycles. The van der Waals surface area contributed by atoms with E-state index < -0.39 is 0 Å². The highest BCUT2D eigenvalue weighted by Gasteiger charge is 2.44. The number of benzene rings is 1. The Kier molecular flexibility index (Phi) is 3.40. The largest absolute Gasteiger partial charge is 0.379 e. The van der Waals surface area contributed by atoms with E-state index in [9.17, 15) is 4.79 Å². The van der Waals surface area contributed by atoms with Crippen molar-refractivity contribution in [1.29, 1.82) is 0 Å². The van der Waals surface area contributed by atoms with Gasteiger partial charge in [-0.25, -0.2) is 0 Å². The minimum absolute atomic E-state index is 0.0196. The molecule has 1 aromatic rings. The van der Waals surface area contributed by atoms with E-state index in [1.165, 1.54) is 0 Å². The summed E-state index contributed by atoms with van der Waals surface area (Å²) >= 11 is 6.02. The van der Waals surface area contributed by atoms with Crippen LogP contribution in [-0.2, 0) is 9.53 Å². The predicted molar refractivity (Wildman–Crippen MR) is 68.4 cm³/mol. The van der Waals surface area contributed by atoms with E-state index in [2.05, 4.69) is 5.32 Å². The summed E-state index contributed by atoms with van der Waals surface area (Å²) in [6.07, 6.45) is 0.790. The molecule has 0 radical (unpaired) electrons. The Morgan fingerprint density at radius 2 is 2.24 bits per heavy atom. The number of nitrogens with one attached hydrogen (secondary N) is 1. The minimum atomic E-state index is -0.350. The first-order chi connectivity index (χ1) is 8.07. The fourth-order valence-corrected chi connectivity index (χ4v) is 1.96. The third-order valence-electron chi connectivity index (χ3n) is 3.34. The van der Waals surface area contributed by atoms with Gasteiger partial charge in [0.1, 0.15) is 0 Å². The summed E-state index contributed by atoms with van der Waals surface area (Å²) in [6.45, 7) is 4.95. The second-order valence-corrected chi connectivity index (χ2v) is 4.95. The number of hydrogen-bond donors (Lipinski definition) is 1. The molecule has 1 N–H and O–H groups in total. The van der Waals surface area contributed by atoms with Gasteiger partial charge in [0, 0.05) is 10.7 Å². The van der Waals surface area contributed by atoms with Crippen LogP contribution in [0.3, 0.4) is 0 Å². The monoisotopic (exact) mass is 253 g/mol. The smallest absolute Gasteiger partial charge is 0.235 e. The van der Waals surface area contributed by atoms with Crippen LogP contribution in [0.15, 0.2) is 18.2 Å². The van der Waals surface area contributed by atoms with Crippen LogP contribution in [0, 0.1) is 12.3 Å². The Morgan fingerprint density at radius 1 is 1.53 bits per heavy atom. The van der Waals surface area contributed by atoms with Gasteiger partial charge in [0.05, 0.1) is 18.6 Å². The Morgan fingerprint density at radius 3 is 2.71 bits per heavy atom. The van der Waals surface area contributed by atoms with Gasteiger partial charge in [-0.15, -0.1) is 0 Å². The van der Waals surface area contributed by atoms with E-state index in [1.807, 2.05) is 26.0 Å². The van der Waals surface area contributed by atoms with Crippen molar-refractivity contribution < 1.29 is 9.53 Å². The van der Waals surface area contributed by atoms with Crippen molar-refractivity contribution in [3.63, 3.8) is 0 Å². The van der Waals surface area contributed by atoms with Gasteiger partial charge in [-0.2, -0.15) is 0 Å². The standard InChI is InChI=1S/C13H16ClNO2/c1-3-13(7-17-8-13)12(16)15-10-5-4-9(2)11(14)6-10/h4-6H,3,7-8H2,1-2H3,(H,15,16). The lowest BCUT2D eigenvalue weighted by Gasteiger charge is -2.38. The number of anilines is 1. The van der Waals surface area contributed by atoms with Gasteiger partial charge in [0.25, 0.3) is 0 Å². The molecule has 2 rings (SSSR count). The third-order valence-corrected chi connectivity index (χ3v) is 3.75. The molecule has 17 heavy (non-hydrogen) atoms. The zero-order valence-electron chi connectivity index (χ0n) is 10.0. The SMILES string of the molecule is CCC1(C(=O)Nc2ccc(C)c(Cl)c2)COC1. The summed E-state index contributed by atoms with van der Waals surface area (Å²) in [6, 6.07) is 5.54. The quantitative estimate of drug-likeness (QED) is 0.899. The highest BCUT2D eigenvalue weighted by atomic mass is 35.5. The van der Waals surface area contributed by atoms with E-state index in [0.717, 1.165) is 17.7 Å². The molecule has 3 nitrogen and oxygen atoms in total. The number of aryl methyl sites for hydroxylation is 1. The van der Waals surface area contributed by atoms with E-state index >= 15 is 0 Å². The lowest BCUT2D eigenvalue weighted by Crippen LogP contribution is -2.51. The van der Waals surface area contributed by atoms with Gasteiger partial charge < -0.3 is 10.1 Å². The zero-order valence-corrected chi connectivity index (χ0v) is 10.8. The van der Waals surface area contributed by atoms with E-state index in [-0.39, 0.29) is 11.3 Å². The number of rotatable bonds is 3. The van der Waals surface area contributed by atoms with Crippen LogP contribution in [0.4, 0.5) is 5.69 Å². The molecule has 1 amide bonds. The Labute approximate surface area is 106 Å². The number of carbonyl (C=O) groups excluding carboxylic acids is 1. The van der Waals surface area contributed by atoms with Gasteiger partial charge >= 0.3 is 0 Å². The van der Waals surface area contributed by atoms with Gasteiger partial charge in [-0.05, 0) is 31.0 Å². The van der Waals surface area contributed by atoms with E-state index in [4.69, 9.17) is 16.3 Å². The summed E-state index contributed by atoms with van der Waals surface area (Å²) in [5.74, 6) is 0.0196. The maximum Gasteiger partial charge on any atom is 0.235 e. The fraction of sp³-hybridized carbons (Fsp3) is 0.462. The minimum Gasteiger partial charge on any atom is -0.379 e. The topological polar surface area (TPSA) is 38.3 Å². The Balaban J connectivity index is 2.10. The molecule has 0 saturated carbocycles. The molecular formula is C13H16ClNO2. The molecule has 0 spiro atoms. The van der Waals surface area contributed by atoms with Crippen LogP contribution in [0.1, 0.15) is 18.9 Å². The van der Waals surface area contributed by atoms with Gasteiger partial charge in [-0.1, -0.05) is 24.6 Å². The number of amides is 1. The van der Waals surface area contributed by atoms with Crippen LogP contribution in [0.5, 0.6) is 0 Å². The van der Waals surface area contributed by atoms with Crippen LogP contribution < -0.4 is 5.32 Å². The third kappa shape index (κ3) is 2.31. The van der Waals surface area contributed by atoms with E-state index in [1.54, 1.807) is 6.07 Å². The Bertz CT molecular complexity index is 436. The summed E-state index contributed by atoms with van der Waals surface area (Å²) in [4.78, 5) is 12.1. The van der Waals surface area contributed by atoms with Gasteiger partial charge in [-0.3, -0.25) is 4.79 Å². The maximum atomic E-state index is 12.1. The first kappa shape index (κ1) is 12.4. The van der Waals surface area contributed by atoms with Crippen molar-refractivity contribution in [1.82, 2.24) is 0 Å². The molecule has 1 aliphatic heterocycles. The van der Waals surface area contributed by atoms with Crippen molar-refractivity contribution in [2.45, 2.75) is 20.3 Å². The molecule has 4 heteroatoms. The molecule has 1 aliphatic rings. The molecule has 1 heterocycles. The lowest BCUT2D eigenvalue weighted by molar-refractivity contribution is -0.156. The number of ether oxygens (including phenoxy) is 1. The Hall–Kier alpha value is -1.06. The van der Waals surface area contributed by atoms with Crippen molar-refractivity contribution in [3.05, 3.63) is 28.8 Å². The highest BCUT2D eigenvalue weighted by molar-refractivity contribution is 6.31. The number of halogens is 1. The second kappa shape index (κ2) is 4.67. The highest BCUT2D eigenvalue weighted by Crippen LogP contribution is 2.33. The number of hydrogen-bond acceptors (Lipinski definition) is 2. The first-order valence-electron chi connectivity index (χ1n) is 5.73. The first-order valence-corrected chi connectivity index (χ1v) is 6.10. The van der Waals surface area contributed by atoms with Crippen LogP contribution in [-0.4, -0.2) is 19.1 Å². The summed E-state index contributed by atoms with van der Waals surface area (Å²) in [5, 5.41) is 3.57. The van der Waals surface area contributed by atoms with Crippen molar-refractivity contribution in [2.75, 3.05) is 18.5 Å². The average molecular weight is 254 g/mol. The number of carbonyl (C=O) groups is 1. The molecule has 0 atom stereocenters. The zero-order chi connectivity index (χ0) is 12.5. The summed E-state index contributed by atoms with van der Waals surface area (Å²) in [5.41, 5.74) is 1.39. The van der Waals surface area contributed by atoms with Crippen molar-refractivity contribution in [2.24, 2.45) is 5.41 Å². The average Bonchev–Trinajstić information content (AvgIpc) is 2.23. The molecule has 1 saturated heterocycles. The normalized spacial score (nSPS) is 17.4. The van der Waals surface area contributed by atoms with Gasteiger partial charge in [0.15, 0.2) is 0 Å². The molecular weight excluding hydrogens is 238 g/mol. The predicted octanol–water partition coefficient (Wildman–Crippen LogP) is 3.01. The molecule has 0 bridgehead atoms. The van der Waals surface area contributed by atoms with Crippen LogP contribution in [0.2, 0.25) is 5.02 Å². The maximum absolute atomic E-state index is 12.1. The van der Waals surface area contributed by atoms with Crippen LogP contribution >= 0.6 is 11.6 Å². The van der Waals surface area contributed by atoms with Crippen molar-refractivity contribution >= 4 is 23.2 Å². The van der Waals surface area contributed by atoms with Crippen molar-refractivity contribution in [3.8, 4) is 0 Å². The summed E-state index contributed by atoms with van der Waals surface area (Å²) in [7, 11) is 0. The fourth-order valence-electron chi connectivity index (χ4n) is 1.78. The summed E-state index contributed by atoms with van der Waals surface area (Å²) < 4.78 is 5.14. The molecule has 0 aliphatic carbocycles. The lowest BCUT2D eigenvalue weighted by atomic mass is 9.82. The molecule has 0 unspecified atom stereocenters. The van der Waals surface area contributed by atoms with Gasteiger partial charge in [0.2, 0.25) is 5.91 Å². The van der Waals surface area contributed by atoms with E-state index in [0.29, 0.717) is 18.2 Å². The molecule has 1 aromatic carbocycles. The second-order valence-electron chi connectivity index (χ2n) is 4.54. The molecule has 1 fully saturated rings.